The topological polar surface area (TPSA) is 56.0 Å². The third-order valence-corrected chi connectivity index (χ3v) is 2.49. The SMILES string of the molecule is CCC(O)(CC)CNC(C)CC#N. The van der Waals surface area contributed by atoms with Gasteiger partial charge in [-0.15, -0.1) is 0 Å². The van der Waals surface area contributed by atoms with Gasteiger partial charge >= 0.3 is 0 Å². The molecule has 0 bridgehead atoms. The predicted octanol–water partition coefficient (Wildman–Crippen LogP) is 1.43. The summed E-state index contributed by atoms with van der Waals surface area (Å²) in [6.45, 7) is 6.47. The van der Waals surface area contributed by atoms with Crippen molar-refractivity contribution in [2.45, 2.75) is 51.7 Å². The average Bonchev–Trinajstić information content (AvgIpc) is 2.15. The molecule has 0 aliphatic rings. The van der Waals surface area contributed by atoms with Gasteiger partial charge in [0.1, 0.15) is 0 Å². The van der Waals surface area contributed by atoms with Crippen molar-refractivity contribution >= 4 is 0 Å². The van der Waals surface area contributed by atoms with Gasteiger partial charge in [-0.1, -0.05) is 13.8 Å². The Kier molecular flexibility index (Phi) is 5.68. The Labute approximate surface area is 80.8 Å². The zero-order valence-corrected chi connectivity index (χ0v) is 8.80. The highest BCUT2D eigenvalue weighted by Gasteiger charge is 2.22. The van der Waals surface area contributed by atoms with Crippen LogP contribution < -0.4 is 5.32 Å². The first kappa shape index (κ1) is 12.4. The molecule has 13 heavy (non-hydrogen) atoms. The molecule has 0 aromatic heterocycles. The fourth-order valence-corrected chi connectivity index (χ4v) is 1.07. The molecular formula is C10H20N2O. The normalized spacial score (nSPS) is 13.8. The summed E-state index contributed by atoms with van der Waals surface area (Å²) in [5, 5.41) is 21.5. The molecule has 1 atom stereocenters. The molecule has 0 aliphatic carbocycles. The van der Waals surface area contributed by atoms with Gasteiger partial charge in [0.15, 0.2) is 0 Å². The van der Waals surface area contributed by atoms with Crippen molar-refractivity contribution in [3.05, 3.63) is 0 Å². The molecule has 0 amide bonds. The molecule has 0 rings (SSSR count). The van der Waals surface area contributed by atoms with E-state index in [1.54, 1.807) is 0 Å². The number of nitrogens with one attached hydrogen (secondary N) is 1. The van der Waals surface area contributed by atoms with Crippen LogP contribution >= 0.6 is 0 Å². The lowest BCUT2D eigenvalue weighted by Gasteiger charge is -2.27. The fourth-order valence-electron chi connectivity index (χ4n) is 1.07. The molecule has 3 heteroatoms. The van der Waals surface area contributed by atoms with Crippen molar-refractivity contribution in [1.29, 1.82) is 5.26 Å². The summed E-state index contributed by atoms with van der Waals surface area (Å²) < 4.78 is 0. The quantitative estimate of drug-likeness (QED) is 0.656. The van der Waals surface area contributed by atoms with Crippen molar-refractivity contribution in [3.63, 3.8) is 0 Å². The van der Waals surface area contributed by atoms with E-state index in [1.807, 2.05) is 20.8 Å². The lowest BCUT2D eigenvalue weighted by molar-refractivity contribution is 0.0305. The van der Waals surface area contributed by atoms with Crippen molar-refractivity contribution in [1.82, 2.24) is 5.32 Å². The van der Waals surface area contributed by atoms with Gasteiger partial charge in [-0.05, 0) is 19.8 Å². The Morgan fingerprint density at radius 1 is 1.46 bits per heavy atom. The molecule has 2 N–H and O–H groups in total. The maximum absolute atomic E-state index is 9.90. The number of nitrogens with zero attached hydrogens (tertiary/aromatic N) is 1. The van der Waals surface area contributed by atoms with E-state index >= 15 is 0 Å². The summed E-state index contributed by atoms with van der Waals surface area (Å²) in [5.41, 5.74) is -0.607. The van der Waals surface area contributed by atoms with Crippen molar-refractivity contribution in [2.75, 3.05) is 6.54 Å². The molecule has 0 radical (unpaired) electrons. The molecule has 1 unspecified atom stereocenters. The van der Waals surface area contributed by atoms with Crippen molar-refractivity contribution in [2.24, 2.45) is 0 Å². The molecule has 0 aliphatic heterocycles. The molecule has 76 valence electrons. The molecule has 0 fully saturated rings. The first-order chi connectivity index (χ1) is 6.08. The lowest BCUT2D eigenvalue weighted by atomic mass is 9.97. The van der Waals surface area contributed by atoms with Crippen molar-refractivity contribution < 1.29 is 5.11 Å². The number of nitriles is 1. The highest BCUT2D eigenvalue weighted by molar-refractivity contribution is 4.82. The van der Waals surface area contributed by atoms with Crippen LogP contribution in [0.5, 0.6) is 0 Å². The summed E-state index contributed by atoms with van der Waals surface area (Å²) >= 11 is 0. The molecule has 0 saturated carbocycles. The largest absolute Gasteiger partial charge is 0.389 e. The van der Waals surface area contributed by atoms with E-state index in [2.05, 4.69) is 11.4 Å². The van der Waals surface area contributed by atoms with Gasteiger partial charge < -0.3 is 10.4 Å². The molecular weight excluding hydrogens is 164 g/mol. The fraction of sp³-hybridized carbons (Fsp3) is 0.900. The minimum atomic E-state index is -0.607. The molecule has 0 aromatic rings. The van der Waals surface area contributed by atoms with E-state index in [4.69, 9.17) is 5.26 Å². The van der Waals surface area contributed by atoms with Crippen LogP contribution in [0.1, 0.15) is 40.0 Å². The maximum Gasteiger partial charge on any atom is 0.0766 e. The smallest absolute Gasteiger partial charge is 0.0766 e. The van der Waals surface area contributed by atoms with Crippen LogP contribution in [0, 0.1) is 11.3 Å². The summed E-state index contributed by atoms with van der Waals surface area (Å²) in [6.07, 6.45) is 1.98. The highest BCUT2D eigenvalue weighted by Crippen LogP contribution is 2.13. The van der Waals surface area contributed by atoms with Crippen LogP contribution in [0.3, 0.4) is 0 Å². The van der Waals surface area contributed by atoms with Crippen LogP contribution in [0.25, 0.3) is 0 Å². The summed E-state index contributed by atoms with van der Waals surface area (Å²) in [4.78, 5) is 0. The number of hydrogen-bond donors (Lipinski definition) is 2. The molecule has 0 heterocycles. The average molecular weight is 184 g/mol. The van der Waals surface area contributed by atoms with Gasteiger partial charge in [-0.3, -0.25) is 0 Å². The third-order valence-electron chi connectivity index (χ3n) is 2.49. The minimum absolute atomic E-state index is 0.162. The van der Waals surface area contributed by atoms with Crippen LogP contribution in [-0.2, 0) is 0 Å². The molecule has 0 spiro atoms. The summed E-state index contributed by atoms with van der Waals surface area (Å²) in [6, 6.07) is 2.26. The molecule has 0 aromatic carbocycles. The number of aliphatic hydroxyl groups is 1. The second-order valence-electron chi connectivity index (χ2n) is 3.58. The zero-order chi connectivity index (χ0) is 10.3. The first-order valence-corrected chi connectivity index (χ1v) is 4.90. The van der Waals surface area contributed by atoms with E-state index in [0.29, 0.717) is 13.0 Å². The number of hydrogen-bond acceptors (Lipinski definition) is 3. The Balaban J connectivity index is 3.79. The number of rotatable bonds is 6. The molecule has 0 saturated heterocycles. The Morgan fingerprint density at radius 3 is 2.38 bits per heavy atom. The van der Waals surface area contributed by atoms with E-state index in [9.17, 15) is 5.11 Å². The zero-order valence-electron chi connectivity index (χ0n) is 8.80. The first-order valence-electron chi connectivity index (χ1n) is 4.90. The van der Waals surface area contributed by atoms with Gasteiger partial charge in [0.05, 0.1) is 18.1 Å². The standard InChI is InChI=1S/C10H20N2O/c1-4-10(13,5-2)8-12-9(3)6-7-11/h9,12-13H,4-6,8H2,1-3H3. The highest BCUT2D eigenvalue weighted by atomic mass is 16.3. The second kappa shape index (κ2) is 5.95. The second-order valence-corrected chi connectivity index (χ2v) is 3.58. The van der Waals surface area contributed by atoms with E-state index in [1.165, 1.54) is 0 Å². The van der Waals surface area contributed by atoms with Crippen molar-refractivity contribution in [3.8, 4) is 6.07 Å². The summed E-state index contributed by atoms with van der Waals surface area (Å²) in [5.74, 6) is 0. The molecule has 3 nitrogen and oxygen atoms in total. The Hall–Kier alpha value is -0.590. The van der Waals surface area contributed by atoms with Gasteiger partial charge in [-0.2, -0.15) is 5.26 Å². The Morgan fingerprint density at radius 2 is 2.00 bits per heavy atom. The van der Waals surface area contributed by atoms with Gasteiger partial charge in [0, 0.05) is 12.6 Å². The lowest BCUT2D eigenvalue weighted by Crippen LogP contribution is -2.42. The third kappa shape index (κ3) is 4.87. The van der Waals surface area contributed by atoms with Crippen LogP contribution in [0.2, 0.25) is 0 Å². The Bertz CT molecular complexity index is 170. The van der Waals surface area contributed by atoms with Crippen LogP contribution in [0.15, 0.2) is 0 Å². The van der Waals surface area contributed by atoms with E-state index in [0.717, 1.165) is 12.8 Å². The minimum Gasteiger partial charge on any atom is -0.389 e. The summed E-state index contributed by atoms with van der Waals surface area (Å²) in [7, 11) is 0. The van der Waals surface area contributed by atoms with Gasteiger partial charge in [-0.25, -0.2) is 0 Å². The van der Waals surface area contributed by atoms with Crippen LogP contribution in [-0.4, -0.2) is 23.3 Å². The predicted molar refractivity (Wildman–Crippen MR) is 53.2 cm³/mol. The maximum atomic E-state index is 9.90. The van der Waals surface area contributed by atoms with E-state index in [-0.39, 0.29) is 6.04 Å². The monoisotopic (exact) mass is 184 g/mol. The van der Waals surface area contributed by atoms with Crippen LogP contribution in [0.4, 0.5) is 0 Å². The van der Waals surface area contributed by atoms with Gasteiger partial charge in [0.25, 0.3) is 0 Å². The van der Waals surface area contributed by atoms with Gasteiger partial charge in [0.2, 0.25) is 0 Å². The van der Waals surface area contributed by atoms with E-state index < -0.39 is 5.60 Å².